The SMILES string of the molecule is CCOC(=O)c1c(NC(=S)NCCC2=CCCCC2)sc2c1CCCCC2. The predicted octanol–water partition coefficient (Wildman–Crippen LogP) is 5.37. The van der Waals surface area contributed by atoms with Crippen LogP contribution in [0.3, 0.4) is 0 Å². The summed E-state index contributed by atoms with van der Waals surface area (Å²) in [5.41, 5.74) is 3.41. The molecule has 0 saturated heterocycles. The number of hydrogen-bond donors (Lipinski definition) is 2. The van der Waals surface area contributed by atoms with Gasteiger partial charge < -0.3 is 15.4 Å². The lowest BCUT2D eigenvalue weighted by Gasteiger charge is -2.14. The first-order valence-corrected chi connectivity index (χ1v) is 11.5. The van der Waals surface area contributed by atoms with E-state index in [1.54, 1.807) is 11.3 Å². The molecule has 0 spiro atoms. The van der Waals surface area contributed by atoms with Gasteiger partial charge in [0.05, 0.1) is 12.2 Å². The molecule has 4 nitrogen and oxygen atoms in total. The number of ether oxygens (including phenoxy) is 1. The monoisotopic (exact) mass is 406 g/mol. The second-order valence-corrected chi connectivity index (χ2v) is 8.74. The Balaban J connectivity index is 1.65. The number of esters is 1. The minimum atomic E-state index is -0.227. The van der Waals surface area contributed by atoms with Crippen molar-refractivity contribution < 1.29 is 9.53 Å². The van der Waals surface area contributed by atoms with E-state index < -0.39 is 0 Å². The van der Waals surface area contributed by atoms with E-state index >= 15 is 0 Å². The van der Waals surface area contributed by atoms with E-state index in [1.807, 2.05) is 6.92 Å². The third-order valence-corrected chi connectivity index (χ3v) is 6.70. The van der Waals surface area contributed by atoms with E-state index in [1.165, 1.54) is 54.5 Å². The summed E-state index contributed by atoms with van der Waals surface area (Å²) in [5.74, 6) is -0.227. The molecule has 0 amide bonds. The molecule has 27 heavy (non-hydrogen) atoms. The lowest BCUT2D eigenvalue weighted by molar-refractivity contribution is 0.0527. The number of carbonyl (C=O) groups excluding carboxylic acids is 1. The Morgan fingerprint density at radius 1 is 1.19 bits per heavy atom. The van der Waals surface area contributed by atoms with Crippen LogP contribution in [-0.4, -0.2) is 24.2 Å². The molecule has 0 fully saturated rings. The molecule has 0 saturated carbocycles. The summed E-state index contributed by atoms with van der Waals surface area (Å²) in [4.78, 5) is 13.9. The van der Waals surface area contributed by atoms with Gasteiger partial charge in [0.25, 0.3) is 0 Å². The number of thiophene rings is 1. The standard InChI is InChI=1S/C21H30N2O2S2/c1-2-25-20(24)18-16-11-7-4-8-12-17(16)27-19(18)23-21(26)22-14-13-15-9-5-3-6-10-15/h9H,2-8,10-14H2,1H3,(H2,22,23,26). The molecule has 0 atom stereocenters. The Labute approximate surface area is 171 Å². The highest BCUT2D eigenvalue weighted by Gasteiger charge is 2.26. The molecule has 0 bridgehead atoms. The van der Waals surface area contributed by atoms with E-state index in [-0.39, 0.29) is 5.97 Å². The molecule has 6 heteroatoms. The zero-order valence-electron chi connectivity index (χ0n) is 16.2. The number of rotatable bonds is 6. The third kappa shape index (κ3) is 5.55. The van der Waals surface area contributed by atoms with E-state index in [4.69, 9.17) is 17.0 Å². The van der Waals surface area contributed by atoms with E-state index in [9.17, 15) is 4.79 Å². The van der Waals surface area contributed by atoms with Crippen LogP contribution in [0.2, 0.25) is 0 Å². The largest absolute Gasteiger partial charge is 0.462 e. The summed E-state index contributed by atoms with van der Waals surface area (Å²) in [6, 6.07) is 0. The summed E-state index contributed by atoms with van der Waals surface area (Å²) >= 11 is 7.16. The minimum Gasteiger partial charge on any atom is -0.462 e. The molecule has 2 N–H and O–H groups in total. The smallest absolute Gasteiger partial charge is 0.341 e. The molecule has 2 aliphatic rings. The summed E-state index contributed by atoms with van der Waals surface area (Å²) in [7, 11) is 0. The first-order chi connectivity index (χ1) is 13.2. The van der Waals surface area contributed by atoms with Gasteiger partial charge in [-0.1, -0.05) is 18.1 Å². The fourth-order valence-electron chi connectivity index (χ4n) is 3.87. The van der Waals surface area contributed by atoms with Gasteiger partial charge >= 0.3 is 5.97 Å². The molecule has 3 rings (SSSR count). The number of aryl methyl sites for hydroxylation is 1. The van der Waals surface area contributed by atoms with Gasteiger partial charge in [-0.3, -0.25) is 0 Å². The highest BCUT2D eigenvalue weighted by Crippen LogP contribution is 2.38. The fraction of sp³-hybridized carbons (Fsp3) is 0.619. The second-order valence-electron chi connectivity index (χ2n) is 7.23. The molecule has 0 aliphatic heterocycles. The maximum Gasteiger partial charge on any atom is 0.341 e. The molecule has 1 aromatic rings. The van der Waals surface area contributed by atoms with E-state index in [0.717, 1.165) is 37.2 Å². The van der Waals surface area contributed by atoms with Gasteiger partial charge in [-0.15, -0.1) is 11.3 Å². The first-order valence-electron chi connectivity index (χ1n) is 10.2. The quantitative estimate of drug-likeness (QED) is 0.288. The fourth-order valence-corrected chi connectivity index (χ4v) is 5.42. The topological polar surface area (TPSA) is 50.4 Å². The Bertz CT molecular complexity index is 709. The number of fused-ring (bicyclic) bond motifs is 1. The van der Waals surface area contributed by atoms with Crippen molar-refractivity contribution in [3.63, 3.8) is 0 Å². The number of anilines is 1. The van der Waals surface area contributed by atoms with Gasteiger partial charge in [-0.2, -0.15) is 0 Å². The van der Waals surface area contributed by atoms with Crippen molar-refractivity contribution in [2.45, 2.75) is 71.1 Å². The van der Waals surface area contributed by atoms with E-state index in [2.05, 4.69) is 16.7 Å². The number of hydrogen-bond acceptors (Lipinski definition) is 4. The van der Waals surface area contributed by atoms with Crippen LogP contribution in [0, 0.1) is 0 Å². The van der Waals surface area contributed by atoms with Crippen LogP contribution in [0.4, 0.5) is 5.00 Å². The number of allylic oxidation sites excluding steroid dienone is 1. The average Bonchev–Trinajstić information content (AvgIpc) is 2.83. The van der Waals surface area contributed by atoms with Crippen LogP contribution in [-0.2, 0) is 17.6 Å². The van der Waals surface area contributed by atoms with Crippen LogP contribution in [0.1, 0.15) is 79.1 Å². The molecule has 1 heterocycles. The average molecular weight is 407 g/mol. The van der Waals surface area contributed by atoms with Crippen molar-refractivity contribution in [1.82, 2.24) is 5.32 Å². The normalized spacial score (nSPS) is 16.7. The molecular weight excluding hydrogens is 376 g/mol. The summed E-state index contributed by atoms with van der Waals surface area (Å²) < 4.78 is 5.33. The van der Waals surface area contributed by atoms with Crippen molar-refractivity contribution in [3.05, 3.63) is 27.7 Å². The summed E-state index contributed by atoms with van der Waals surface area (Å²) in [5, 5.41) is 8.02. The van der Waals surface area contributed by atoms with Gasteiger partial charge in [0.2, 0.25) is 0 Å². The van der Waals surface area contributed by atoms with Crippen LogP contribution in [0.25, 0.3) is 0 Å². The van der Waals surface area contributed by atoms with Gasteiger partial charge in [0, 0.05) is 11.4 Å². The summed E-state index contributed by atoms with van der Waals surface area (Å²) in [6.07, 6.45) is 14.0. The molecule has 0 aromatic carbocycles. The van der Waals surface area contributed by atoms with Gasteiger partial charge in [0.1, 0.15) is 5.00 Å². The second kappa shape index (κ2) is 10.2. The number of carbonyl (C=O) groups is 1. The Morgan fingerprint density at radius 3 is 2.78 bits per heavy atom. The maximum absolute atomic E-state index is 12.6. The Kier molecular flexibility index (Phi) is 7.70. The van der Waals surface area contributed by atoms with Crippen LogP contribution >= 0.6 is 23.6 Å². The van der Waals surface area contributed by atoms with Gasteiger partial charge in [-0.25, -0.2) is 4.79 Å². The summed E-state index contributed by atoms with van der Waals surface area (Å²) in [6.45, 7) is 3.07. The van der Waals surface area contributed by atoms with Crippen molar-refractivity contribution >= 4 is 39.6 Å². The zero-order valence-corrected chi connectivity index (χ0v) is 17.8. The van der Waals surface area contributed by atoms with Gasteiger partial charge in [0.15, 0.2) is 5.11 Å². The van der Waals surface area contributed by atoms with E-state index in [0.29, 0.717) is 17.3 Å². The lowest BCUT2D eigenvalue weighted by atomic mass is 9.97. The van der Waals surface area contributed by atoms with Crippen LogP contribution < -0.4 is 10.6 Å². The van der Waals surface area contributed by atoms with Crippen LogP contribution in [0.5, 0.6) is 0 Å². The molecular formula is C21H30N2O2S2. The number of nitrogens with one attached hydrogen (secondary N) is 2. The van der Waals surface area contributed by atoms with Crippen molar-refractivity contribution in [3.8, 4) is 0 Å². The van der Waals surface area contributed by atoms with Gasteiger partial charge in [-0.05, 0) is 82.5 Å². The zero-order chi connectivity index (χ0) is 19.1. The molecule has 0 unspecified atom stereocenters. The van der Waals surface area contributed by atoms with Crippen molar-refractivity contribution in [1.29, 1.82) is 0 Å². The van der Waals surface area contributed by atoms with Crippen molar-refractivity contribution in [2.24, 2.45) is 0 Å². The highest BCUT2D eigenvalue weighted by atomic mass is 32.1. The molecule has 0 radical (unpaired) electrons. The Hall–Kier alpha value is -1.40. The minimum absolute atomic E-state index is 0.227. The first kappa shape index (κ1) is 20.3. The molecule has 148 valence electrons. The lowest BCUT2D eigenvalue weighted by Crippen LogP contribution is -2.30. The number of thiocarbonyl (C=S) groups is 1. The Morgan fingerprint density at radius 2 is 2.00 bits per heavy atom. The molecule has 2 aliphatic carbocycles. The molecule has 1 aromatic heterocycles. The van der Waals surface area contributed by atoms with Crippen molar-refractivity contribution in [2.75, 3.05) is 18.5 Å². The maximum atomic E-state index is 12.6. The highest BCUT2D eigenvalue weighted by molar-refractivity contribution is 7.80. The third-order valence-electron chi connectivity index (χ3n) is 5.24. The van der Waals surface area contributed by atoms with Crippen LogP contribution in [0.15, 0.2) is 11.6 Å². The predicted molar refractivity (Wildman–Crippen MR) is 117 cm³/mol.